The molecule has 0 aliphatic rings. The molecule has 0 atom stereocenters. The Hall–Kier alpha value is -0.130. The maximum absolute atomic E-state index is 4.22. The van der Waals surface area contributed by atoms with Gasteiger partial charge in [-0.1, -0.05) is 0 Å². The number of hydrogen-bond acceptors (Lipinski definition) is 2. The SMILES string of the molecule is Cc1[nH]nc(-c2cc(Br)cs2)c1Br. The molecule has 0 amide bonds. The third-order valence-corrected chi connectivity index (χ3v) is 4.34. The number of rotatable bonds is 1. The first-order valence-corrected chi connectivity index (χ1v) is 6.10. The fourth-order valence-corrected chi connectivity index (χ4v) is 2.96. The van der Waals surface area contributed by atoms with Crippen molar-refractivity contribution in [2.75, 3.05) is 0 Å². The van der Waals surface area contributed by atoms with Gasteiger partial charge in [0.2, 0.25) is 0 Å². The molecule has 0 aliphatic carbocycles. The van der Waals surface area contributed by atoms with Crippen LogP contribution in [0.5, 0.6) is 0 Å². The van der Waals surface area contributed by atoms with E-state index in [0.29, 0.717) is 0 Å². The monoisotopic (exact) mass is 320 g/mol. The fraction of sp³-hybridized carbons (Fsp3) is 0.125. The lowest BCUT2D eigenvalue weighted by atomic mass is 10.3. The minimum Gasteiger partial charge on any atom is -0.281 e. The molecule has 13 heavy (non-hydrogen) atoms. The summed E-state index contributed by atoms with van der Waals surface area (Å²) in [6, 6.07) is 2.06. The second-order valence-electron chi connectivity index (χ2n) is 2.64. The average molecular weight is 322 g/mol. The van der Waals surface area contributed by atoms with Crippen molar-refractivity contribution in [3.8, 4) is 10.6 Å². The summed E-state index contributed by atoms with van der Waals surface area (Å²) in [6.07, 6.45) is 0. The number of nitrogens with zero attached hydrogens (tertiary/aromatic N) is 1. The third kappa shape index (κ3) is 1.73. The molecule has 0 unspecified atom stereocenters. The van der Waals surface area contributed by atoms with Crippen molar-refractivity contribution in [3.05, 3.63) is 26.1 Å². The summed E-state index contributed by atoms with van der Waals surface area (Å²) >= 11 is 8.58. The highest BCUT2D eigenvalue weighted by Crippen LogP contribution is 2.34. The zero-order chi connectivity index (χ0) is 9.42. The first-order valence-electron chi connectivity index (χ1n) is 3.63. The van der Waals surface area contributed by atoms with Crippen molar-refractivity contribution >= 4 is 43.2 Å². The van der Waals surface area contributed by atoms with E-state index < -0.39 is 0 Å². The molecule has 5 heteroatoms. The Bertz CT molecular complexity index is 433. The predicted octanol–water partition coefficient (Wildman–Crippen LogP) is 3.97. The molecule has 0 radical (unpaired) electrons. The van der Waals surface area contributed by atoms with E-state index in [-0.39, 0.29) is 0 Å². The summed E-state index contributed by atoms with van der Waals surface area (Å²) in [5.41, 5.74) is 2.03. The van der Waals surface area contributed by atoms with Crippen molar-refractivity contribution in [3.63, 3.8) is 0 Å². The predicted molar refractivity (Wildman–Crippen MR) is 62.0 cm³/mol. The lowest BCUT2D eigenvalue weighted by Gasteiger charge is -1.90. The number of halogens is 2. The molecule has 0 aromatic carbocycles. The average Bonchev–Trinajstić information content (AvgIpc) is 2.62. The molecule has 2 rings (SSSR count). The van der Waals surface area contributed by atoms with Crippen LogP contribution in [0.1, 0.15) is 5.69 Å². The van der Waals surface area contributed by atoms with Gasteiger partial charge in [-0.3, -0.25) is 5.10 Å². The first kappa shape index (κ1) is 9.43. The van der Waals surface area contributed by atoms with E-state index in [9.17, 15) is 0 Å². The summed E-state index contributed by atoms with van der Waals surface area (Å²) in [5.74, 6) is 0. The van der Waals surface area contributed by atoms with E-state index in [1.807, 2.05) is 12.3 Å². The molecule has 68 valence electrons. The molecule has 0 fully saturated rings. The number of nitrogens with one attached hydrogen (secondary N) is 1. The van der Waals surface area contributed by atoms with Gasteiger partial charge in [0.15, 0.2) is 0 Å². The van der Waals surface area contributed by atoms with Crippen LogP contribution in [0.25, 0.3) is 10.6 Å². The second-order valence-corrected chi connectivity index (χ2v) is 5.26. The van der Waals surface area contributed by atoms with Gasteiger partial charge in [-0.05, 0) is 44.8 Å². The van der Waals surface area contributed by atoms with Crippen LogP contribution >= 0.6 is 43.2 Å². The number of aromatic amines is 1. The highest BCUT2D eigenvalue weighted by molar-refractivity contribution is 9.11. The summed E-state index contributed by atoms with van der Waals surface area (Å²) < 4.78 is 2.14. The molecule has 2 nitrogen and oxygen atoms in total. The summed E-state index contributed by atoms with van der Waals surface area (Å²) in [6.45, 7) is 1.99. The number of hydrogen-bond donors (Lipinski definition) is 1. The van der Waals surface area contributed by atoms with Gasteiger partial charge in [0.25, 0.3) is 0 Å². The molecule has 0 aliphatic heterocycles. The number of aromatic nitrogens is 2. The maximum atomic E-state index is 4.22. The second kappa shape index (κ2) is 3.55. The molecule has 2 aromatic rings. The van der Waals surface area contributed by atoms with Crippen LogP contribution in [0.3, 0.4) is 0 Å². The van der Waals surface area contributed by atoms with Crippen LogP contribution < -0.4 is 0 Å². The van der Waals surface area contributed by atoms with Crippen LogP contribution in [0.15, 0.2) is 20.4 Å². The normalized spacial score (nSPS) is 10.7. The Labute approximate surface area is 96.6 Å². The zero-order valence-electron chi connectivity index (χ0n) is 6.77. The van der Waals surface area contributed by atoms with Crippen LogP contribution in [-0.2, 0) is 0 Å². The molecule has 1 N–H and O–H groups in total. The third-order valence-electron chi connectivity index (χ3n) is 1.67. The zero-order valence-corrected chi connectivity index (χ0v) is 10.8. The molecule has 0 spiro atoms. The molecular formula is C8H6Br2N2S. The molecular weight excluding hydrogens is 316 g/mol. The van der Waals surface area contributed by atoms with Crippen LogP contribution in [0.2, 0.25) is 0 Å². The van der Waals surface area contributed by atoms with Gasteiger partial charge in [0.05, 0.1) is 9.35 Å². The molecule has 0 saturated heterocycles. The van der Waals surface area contributed by atoms with E-state index in [0.717, 1.165) is 25.2 Å². The summed E-state index contributed by atoms with van der Waals surface area (Å²) in [7, 11) is 0. The summed E-state index contributed by atoms with van der Waals surface area (Å²) in [5, 5.41) is 9.20. The van der Waals surface area contributed by atoms with Gasteiger partial charge < -0.3 is 0 Å². The Morgan fingerprint density at radius 1 is 1.46 bits per heavy atom. The van der Waals surface area contributed by atoms with Gasteiger partial charge in [-0.2, -0.15) is 5.10 Å². The van der Waals surface area contributed by atoms with Crippen LogP contribution in [0, 0.1) is 6.92 Å². The fourth-order valence-electron chi connectivity index (χ4n) is 1.02. The minimum atomic E-state index is 0.980. The highest BCUT2D eigenvalue weighted by Gasteiger charge is 2.10. The van der Waals surface area contributed by atoms with E-state index in [1.54, 1.807) is 11.3 Å². The molecule has 2 aromatic heterocycles. The van der Waals surface area contributed by atoms with Gasteiger partial charge in [0.1, 0.15) is 5.69 Å². The maximum Gasteiger partial charge on any atom is 0.117 e. The Morgan fingerprint density at radius 3 is 2.69 bits per heavy atom. The van der Waals surface area contributed by atoms with Gasteiger partial charge in [0, 0.05) is 15.5 Å². The molecule has 0 bridgehead atoms. The lowest BCUT2D eigenvalue weighted by molar-refractivity contribution is 1.05. The quantitative estimate of drug-likeness (QED) is 0.845. The minimum absolute atomic E-state index is 0.980. The molecule has 2 heterocycles. The standard InChI is InChI=1S/C8H6Br2N2S/c1-4-7(10)8(12-11-4)6-2-5(9)3-13-6/h2-3H,1H3,(H,11,12). The number of H-pyrrole nitrogens is 1. The van der Waals surface area contributed by atoms with E-state index in [1.165, 1.54) is 0 Å². The van der Waals surface area contributed by atoms with E-state index in [4.69, 9.17) is 0 Å². The van der Waals surface area contributed by atoms with Gasteiger partial charge >= 0.3 is 0 Å². The van der Waals surface area contributed by atoms with Crippen LogP contribution in [-0.4, -0.2) is 10.2 Å². The van der Waals surface area contributed by atoms with Gasteiger partial charge in [-0.15, -0.1) is 11.3 Å². The van der Waals surface area contributed by atoms with E-state index in [2.05, 4.69) is 48.1 Å². The van der Waals surface area contributed by atoms with Crippen LogP contribution in [0.4, 0.5) is 0 Å². The number of thiophene rings is 1. The summed E-state index contributed by atoms with van der Waals surface area (Å²) in [4.78, 5) is 1.16. The topological polar surface area (TPSA) is 28.7 Å². The van der Waals surface area contributed by atoms with Crippen molar-refractivity contribution in [2.24, 2.45) is 0 Å². The first-order chi connectivity index (χ1) is 6.18. The molecule has 0 saturated carbocycles. The lowest BCUT2D eigenvalue weighted by Crippen LogP contribution is -1.71. The van der Waals surface area contributed by atoms with Crippen molar-refractivity contribution < 1.29 is 0 Å². The highest BCUT2D eigenvalue weighted by atomic mass is 79.9. The van der Waals surface area contributed by atoms with E-state index >= 15 is 0 Å². The Balaban J connectivity index is 2.52. The van der Waals surface area contributed by atoms with Crippen molar-refractivity contribution in [2.45, 2.75) is 6.92 Å². The largest absolute Gasteiger partial charge is 0.281 e. The van der Waals surface area contributed by atoms with Gasteiger partial charge in [-0.25, -0.2) is 0 Å². The number of aryl methyl sites for hydroxylation is 1. The smallest absolute Gasteiger partial charge is 0.117 e. The van der Waals surface area contributed by atoms with Crippen molar-refractivity contribution in [1.29, 1.82) is 0 Å². The Morgan fingerprint density at radius 2 is 2.23 bits per heavy atom. The Kier molecular flexibility index (Phi) is 2.58. The van der Waals surface area contributed by atoms with Crippen molar-refractivity contribution in [1.82, 2.24) is 10.2 Å².